The first kappa shape index (κ1) is 10.4. The average molecular weight is 242 g/mol. The van der Waals surface area contributed by atoms with Gasteiger partial charge in [0, 0.05) is 18.8 Å². The highest BCUT2D eigenvalue weighted by Gasteiger charge is 2.40. The second kappa shape index (κ2) is 3.97. The summed E-state index contributed by atoms with van der Waals surface area (Å²) in [5.41, 5.74) is 0.911. The van der Waals surface area contributed by atoms with Crippen molar-refractivity contribution in [2.45, 2.75) is 25.7 Å². The van der Waals surface area contributed by atoms with Gasteiger partial charge in [0.1, 0.15) is 5.82 Å². The van der Waals surface area contributed by atoms with E-state index in [2.05, 4.69) is 15.4 Å². The van der Waals surface area contributed by atoms with Crippen LogP contribution in [0.1, 0.15) is 25.7 Å². The van der Waals surface area contributed by atoms with E-state index in [0.29, 0.717) is 0 Å². The van der Waals surface area contributed by atoms with E-state index < -0.39 is 0 Å². The molecule has 2 fully saturated rings. The second-order valence-electron chi connectivity index (χ2n) is 5.67. The number of hydrogen-bond donors (Lipinski definition) is 1. The number of hydrogen-bond acceptors (Lipinski definition) is 3. The average Bonchev–Trinajstić information content (AvgIpc) is 3.29. The van der Waals surface area contributed by atoms with Crippen LogP contribution in [0.5, 0.6) is 0 Å². The van der Waals surface area contributed by atoms with Crippen molar-refractivity contribution in [3.05, 3.63) is 24.5 Å². The highest BCUT2D eigenvalue weighted by molar-refractivity contribution is 5.45. The fraction of sp³-hybridized carbons (Fsp3) is 0.571. The minimum absolute atomic E-state index is 0.882. The molecule has 0 unspecified atom stereocenters. The van der Waals surface area contributed by atoms with Gasteiger partial charge >= 0.3 is 0 Å². The fourth-order valence-corrected chi connectivity index (χ4v) is 2.90. The first-order valence-corrected chi connectivity index (χ1v) is 6.94. The Labute approximate surface area is 106 Å². The van der Waals surface area contributed by atoms with Crippen molar-refractivity contribution in [3.8, 4) is 0 Å². The van der Waals surface area contributed by atoms with E-state index in [0.717, 1.165) is 35.8 Å². The molecule has 0 radical (unpaired) electrons. The van der Waals surface area contributed by atoms with Crippen molar-refractivity contribution in [1.29, 1.82) is 0 Å². The van der Waals surface area contributed by atoms with E-state index in [4.69, 9.17) is 0 Å². The van der Waals surface area contributed by atoms with Crippen LogP contribution in [0.3, 0.4) is 0 Å². The van der Waals surface area contributed by atoms with Crippen molar-refractivity contribution in [3.63, 3.8) is 0 Å². The predicted octanol–water partition coefficient (Wildman–Crippen LogP) is 2.58. The molecule has 2 aromatic heterocycles. The van der Waals surface area contributed by atoms with E-state index in [1.54, 1.807) is 10.7 Å². The van der Waals surface area contributed by atoms with Crippen molar-refractivity contribution < 1.29 is 0 Å². The number of rotatable bonds is 5. The van der Waals surface area contributed by atoms with E-state index in [9.17, 15) is 0 Å². The van der Waals surface area contributed by atoms with Gasteiger partial charge in [-0.25, -0.2) is 9.50 Å². The van der Waals surface area contributed by atoms with Gasteiger partial charge in [-0.15, -0.1) is 0 Å². The lowest BCUT2D eigenvalue weighted by Crippen LogP contribution is -2.18. The Kier molecular flexibility index (Phi) is 2.28. The molecule has 2 aromatic rings. The second-order valence-corrected chi connectivity index (χ2v) is 5.67. The summed E-state index contributed by atoms with van der Waals surface area (Å²) in [6, 6.07) is 3.95. The molecule has 0 saturated heterocycles. The molecule has 0 aromatic carbocycles. The van der Waals surface area contributed by atoms with Crippen molar-refractivity contribution in [1.82, 2.24) is 14.6 Å². The summed E-state index contributed by atoms with van der Waals surface area (Å²) in [6.45, 7) is 1.09. The Morgan fingerprint density at radius 1 is 1.22 bits per heavy atom. The van der Waals surface area contributed by atoms with Gasteiger partial charge in [0.25, 0.3) is 0 Å². The Morgan fingerprint density at radius 2 is 2.00 bits per heavy atom. The largest absolute Gasteiger partial charge is 0.370 e. The van der Waals surface area contributed by atoms with Crippen LogP contribution in [0.4, 0.5) is 5.82 Å². The first-order chi connectivity index (χ1) is 8.90. The van der Waals surface area contributed by atoms with Gasteiger partial charge in [0.15, 0.2) is 5.65 Å². The number of nitrogens with one attached hydrogen (secondary N) is 1. The van der Waals surface area contributed by atoms with Gasteiger partial charge in [-0.2, -0.15) is 5.10 Å². The number of nitrogens with zero attached hydrogens (tertiary/aromatic N) is 3. The van der Waals surface area contributed by atoms with Crippen LogP contribution >= 0.6 is 0 Å². The summed E-state index contributed by atoms with van der Waals surface area (Å²) >= 11 is 0. The summed E-state index contributed by atoms with van der Waals surface area (Å²) < 4.78 is 1.80. The minimum atomic E-state index is 0.882. The molecule has 4 rings (SSSR count). The van der Waals surface area contributed by atoms with Crippen molar-refractivity contribution >= 4 is 11.5 Å². The molecule has 2 heterocycles. The highest BCUT2D eigenvalue weighted by atomic mass is 15.2. The van der Waals surface area contributed by atoms with Gasteiger partial charge in [-0.1, -0.05) is 0 Å². The molecule has 4 nitrogen and oxygen atoms in total. The Bertz CT molecular complexity index is 542. The van der Waals surface area contributed by atoms with Crippen LogP contribution in [-0.2, 0) is 0 Å². The fourth-order valence-electron chi connectivity index (χ4n) is 2.90. The molecule has 0 bridgehead atoms. The van der Waals surface area contributed by atoms with Crippen molar-refractivity contribution in [2.24, 2.45) is 17.8 Å². The van der Waals surface area contributed by atoms with Crippen LogP contribution in [0, 0.1) is 17.8 Å². The Morgan fingerprint density at radius 3 is 2.72 bits per heavy atom. The Hall–Kier alpha value is -1.58. The predicted molar refractivity (Wildman–Crippen MR) is 70.4 cm³/mol. The molecule has 94 valence electrons. The summed E-state index contributed by atoms with van der Waals surface area (Å²) in [4.78, 5) is 4.56. The maximum absolute atomic E-state index is 4.56. The number of fused-ring (bicyclic) bond motifs is 1. The molecule has 0 aliphatic heterocycles. The quantitative estimate of drug-likeness (QED) is 0.876. The molecule has 1 N–H and O–H groups in total. The third kappa shape index (κ3) is 1.96. The van der Waals surface area contributed by atoms with E-state index in [1.807, 2.05) is 18.3 Å². The van der Waals surface area contributed by atoms with Gasteiger partial charge in [-0.05, 0) is 49.5 Å². The van der Waals surface area contributed by atoms with Crippen molar-refractivity contribution in [2.75, 3.05) is 11.9 Å². The molecule has 0 atom stereocenters. The minimum Gasteiger partial charge on any atom is -0.370 e. The lowest BCUT2D eigenvalue weighted by Gasteiger charge is -2.16. The molecule has 18 heavy (non-hydrogen) atoms. The van der Waals surface area contributed by atoms with Gasteiger partial charge in [0.2, 0.25) is 0 Å². The maximum Gasteiger partial charge on any atom is 0.157 e. The lowest BCUT2D eigenvalue weighted by molar-refractivity contribution is 0.427. The molecule has 4 heteroatoms. The van der Waals surface area contributed by atoms with E-state index >= 15 is 0 Å². The highest BCUT2D eigenvalue weighted by Crippen LogP contribution is 2.49. The van der Waals surface area contributed by atoms with E-state index in [-0.39, 0.29) is 0 Å². The first-order valence-electron chi connectivity index (χ1n) is 6.94. The zero-order valence-corrected chi connectivity index (χ0v) is 10.4. The van der Waals surface area contributed by atoms with E-state index in [1.165, 1.54) is 25.7 Å². The number of anilines is 1. The lowest BCUT2D eigenvalue weighted by atomic mass is 9.98. The summed E-state index contributed by atoms with van der Waals surface area (Å²) in [5.74, 6) is 3.84. The molecule has 2 aliphatic rings. The molecule has 0 amide bonds. The SMILES string of the molecule is c1cc2nc(NCC(C3CC3)C3CC3)ccn2n1. The molecular weight excluding hydrogens is 224 g/mol. The maximum atomic E-state index is 4.56. The van der Waals surface area contributed by atoms with Crippen LogP contribution < -0.4 is 5.32 Å². The molecular formula is C14H18N4. The zero-order valence-electron chi connectivity index (χ0n) is 10.4. The summed E-state index contributed by atoms with van der Waals surface area (Å²) in [6.07, 6.45) is 9.52. The molecule has 0 spiro atoms. The normalized spacial score (nSPS) is 19.6. The zero-order chi connectivity index (χ0) is 11.9. The summed E-state index contributed by atoms with van der Waals surface area (Å²) in [7, 11) is 0. The molecule has 2 aliphatic carbocycles. The van der Waals surface area contributed by atoms with Crippen LogP contribution in [0.15, 0.2) is 24.5 Å². The third-order valence-electron chi connectivity index (χ3n) is 4.23. The molecule has 2 saturated carbocycles. The van der Waals surface area contributed by atoms with Gasteiger partial charge in [-0.3, -0.25) is 0 Å². The van der Waals surface area contributed by atoms with Gasteiger partial charge < -0.3 is 5.32 Å². The Balaban J connectivity index is 1.46. The monoisotopic (exact) mass is 242 g/mol. The smallest absolute Gasteiger partial charge is 0.157 e. The summed E-state index contributed by atoms with van der Waals surface area (Å²) in [5, 5.41) is 7.68. The van der Waals surface area contributed by atoms with Crippen LogP contribution in [0.2, 0.25) is 0 Å². The topological polar surface area (TPSA) is 42.2 Å². The third-order valence-corrected chi connectivity index (χ3v) is 4.23. The van der Waals surface area contributed by atoms with Crippen LogP contribution in [0.25, 0.3) is 5.65 Å². The van der Waals surface area contributed by atoms with Gasteiger partial charge in [0.05, 0.1) is 6.20 Å². The standard InChI is InChI=1S/C14H18N4/c1-2-10(1)12(11-3-4-11)9-15-13-6-8-18-14(17-13)5-7-16-18/h5-8,10-12H,1-4,9H2,(H,15,17). The van der Waals surface area contributed by atoms with Crippen LogP contribution in [-0.4, -0.2) is 21.1 Å². The number of aromatic nitrogens is 3.